The Bertz CT molecular complexity index is 1140. The first kappa shape index (κ1) is 20.3. The summed E-state index contributed by atoms with van der Waals surface area (Å²) in [7, 11) is 0. The van der Waals surface area contributed by atoms with Gasteiger partial charge in [0, 0.05) is 22.0 Å². The summed E-state index contributed by atoms with van der Waals surface area (Å²) in [5.74, 6) is -0.375. The van der Waals surface area contributed by atoms with Crippen molar-refractivity contribution >= 4 is 46.9 Å². The van der Waals surface area contributed by atoms with Gasteiger partial charge in [-0.25, -0.2) is 0 Å². The van der Waals surface area contributed by atoms with E-state index in [4.69, 9.17) is 11.6 Å². The molecule has 0 fully saturated rings. The number of rotatable bonds is 4. The number of hydrogen-bond acceptors (Lipinski definition) is 3. The number of anilines is 1. The molecular formula is C24H19ClN2O2S. The Balaban J connectivity index is 1.47. The molecule has 0 bridgehead atoms. The van der Waals surface area contributed by atoms with Crippen LogP contribution < -0.4 is 10.6 Å². The van der Waals surface area contributed by atoms with Crippen molar-refractivity contribution in [1.29, 1.82) is 0 Å². The minimum Gasteiger partial charge on any atom is -0.348 e. The molecule has 4 rings (SSSR count). The molecular weight excluding hydrogens is 416 g/mol. The molecule has 1 aliphatic rings. The second-order valence-electron chi connectivity index (χ2n) is 7.00. The second-order valence-corrected chi connectivity index (χ2v) is 8.52. The van der Waals surface area contributed by atoms with E-state index in [0.717, 1.165) is 16.0 Å². The molecule has 0 aromatic heterocycles. The second kappa shape index (κ2) is 8.78. The van der Waals surface area contributed by atoms with Crippen molar-refractivity contribution in [3.63, 3.8) is 0 Å². The molecule has 0 radical (unpaired) electrons. The Kier molecular flexibility index (Phi) is 5.93. The van der Waals surface area contributed by atoms with Gasteiger partial charge in [-0.1, -0.05) is 65.3 Å². The molecule has 0 atom stereocenters. The molecule has 0 saturated carbocycles. The quantitative estimate of drug-likeness (QED) is 0.520. The van der Waals surface area contributed by atoms with Gasteiger partial charge in [-0.2, -0.15) is 0 Å². The Morgan fingerprint density at radius 3 is 2.53 bits per heavy atom. The Morgan fingerprint density at radius 1 is 1.07 bits per heavy atom. The highest BCUT2D eigenvalue weighted by Crippen LogP contribution is 2.39. The molecule has 30 heavy (non-hydrogen) atoms. The van der Waals surface area contributed by atoms with Gasteiger partial charge >= 0.3 is 0 Å². The smallest absolute Gasteiger partial charge is 0.262 e. The third-order valence-electron chi connectivity index (χ3n) is 4.68. The topological polar surface area (TPSA) is 58.2 Å². The van der Waals surface area contributed by atoms with Crippen molar-refractivity contribution < 1.29 is 9.59 Å². The SMILES string of the molecule is Cc1ccc(/C=C2/Sc3ccc(C(=O)NCc4ccc(Cl)cc4)cc3NC2=O)cc1. The van der Waals surface area contributed by atoms with Gasteiger partial charge in [0.2, 0.25) is 0 Å². The van der Waals surface area contributed by atoms with E-state index in [1.807, 2.05) is 55.5 Å². The number of carbonyl (C=O) groups is 2. The molecule has 0 aliphatic carbocycles. The summed E-state index contributed by atoms with van der Waals surface area (Å²) in [5.41, 5.74) is 4.24. The first-order valence-corrected chi connectivity index (χ1v) is 10.6. The monoisotopic (exact) mass is 434 g/mol. The minimum absolute atomic E-state index is 0.174. The van der Waals surface area contributed by atoms with Crippen LogP contribution in [0.4, 0.5) is 5.69 Å². The average Bonchev–Trinajstić information content (AvgIpc) is 2.75. The van der Waals surface area contributed by atoms with Crippen LogP contribution in [-0.2, 0) is 11.3 Å². The number of hydrogen-bond donors (Lipinski definition) is 2. The van der Waals surface area contributed by atoms with Crippen LogP contribution in [0.15, 0.2) is 76.5 Å². The lowest BCUT2D eigenvalue weighted by Crippen LogP contribution is -2.23. The normalized spacial score (nSPS) is 14.2. The van der Waals surface area contributed by atoms with Gasteiger partial charge in [0.15, 0.2) is 0 Å². The van der Waals surface area contributed by atoms with Crippen LogP contribution in [0, 0.1) is 6.92 Å². The summed E-state index contributed by atoms with van der Waals surface area (Å²) in [5, 5.41) is 6.44. The summed E-state index contributed by atoms with van der Waals surface area (Å²) in [6, 6.07) is 20.7. The van der Waals surface area contributed by atoms with Crippen LogP contribution >= 0.6 is 23.4 Å². The van der Waals surface area contributed by atoms with E-state index < -0.39 is 0 Å². The van der Waals surface area contributed by atoms with E-state index >= 15 is 0 Å². The van der Waals surface area contributed by atoms with Crippen molar-refractivity contribution in [2.45, 2.75) is 18.4 Å². The van der Waals surface area contributed by atoms with E-state index in [1.165, 1.54) is 17.3 Å². The third kappa shape index (κ3) is 4.75. The fourth-order valence-corrected chi connectivity index (χ4v) is 4.06. The molecule has 1 heterocycles. The van der Waals surface area contributed by atoms with Crippen LogP contribution in [0.1, 0.15) is 27.0 Å². The molecule has 0 spiro atoms. The van der Waals surface area contributed by atoms with Gasteiger partial charge in [0.25, 0.3) is 11.8 Å². The van der Waals surface area contributed by atoms with Crippen LogP contribution in [-0.4, -0.2) is 11.8 Å². The van der Waals surface area contributed by atoms with E-state index in [1.54, 1.807) is 24.3 Å². The molecule has 2 N–H and O–H groups in total. The zero-order valence-corrected chi connectivity index (χ0v) is 17.8. The lowest BCUT2D eigenvalue weighted by molar-refractivity contribution is -0.112. The fraction of sp³-hybridized carbons (Fsp3) is 0.0833. The van der Waals surface area contributed by atoms with Gasteiger partial charge in [0.1, 0.15) is 0 Å². The zero-order chi connectivity index (χ0) is 21.1. The van der Waals surface area contributed by atoms with Gasteiger partial charge in [-0.05, 0) is 54.5 Å². The summed E-state index contributed by atoms with van der Waals surface area (Å²) in [4.78, 5) is 26.6. The highest BCUT2D eigenvalue weighted by atomic mass is 35.5. The molecule has 150 valence electrons. The van der Waals surface area contributed by atoms with E-state index in [2.05, 4.69) is 10.6 Å². The number of thioether (sulfide) groups is 1. The number of amides is 2. The number of halogens is 1. The maximum Gasteiger partial charge on any atom is 0.262 e. The molecule has 3 aromatic rings. The van der Waals surface area contributed by atoms with Gasteiger partial charge in [-0.3, -0.25) is 9.59 Å². The van der Waals surface area contributed by atoms with Crippen LogP contribution in [0.25, 0.3) is 6.08 Å². The van der Waals surface area contributed by atoms with Crippen molar-refractivity contribution in [1.82, 2.24) is 5.32 Å². The predicted molar refractivity (Wildman–Crippen MR) is 123 cm³/mol. The summed E-state index contributed by atoms with van der Waals surface area (Å²) < 4.78 is 0. The highest BCUT2D eigenvalue weighted by molar-refractivity contribution is 8.04. The van der Waals surface area contributed by atoms with Crippen LogP contribution in [0.3, 0.4) is 0 Å². The van der Waals surface area contributed by atoms with Crippen LogP contribution in [0.5, 0.6) is 0 Å². The number of fused-ring (bicyclic) bond motifs is 1. The van der Waals surface area contributed by atoms with Crippen molar-refractivity contribution in [3.05, 3.63) is 98.9 Å². The highest BCUT2D eigenvalue weighted by Gasteiger charge is 2.22. The standard InChI is InChI=1S/C24H19ClN2O2S/c1-15-2-4-16(5-3-15)12-22-24(29)27-20-13-18(8-11-21(20)30-22)23(28)26-14-17-6-9-19(25)10-7-17/h2-13H,14H2,1H3,(H,26,28)(H,27,29)/b22-12+. The lowest BCUT2D eigenvalue weighted by atomic mass is 10.1. The minimum atomic E-state index is -0.201. The molecule has 2 amide bonds. The van der Waals surface area contributed by atoms with Gasteiger partial charge < -0.3 is 10.6 Å². The summed E-state index contributed by atoms with van der Waals surface area (Å²) in [6.07, 6.45) is 1.87. The Hall–Kier alpha value is -3.02. The number of aryl methyl sites for hydroxylation is 1. The third-order valence-corrected chi connectivity index (χ3v) is 6.03. The van der Waals surface area contributed by atoms with Gasteiger partial charge in [-0.15, -0.1) is 0 Å². The maximum absolute atomic E-state index is 12.5. The number of carbonyl (C=O) groups excluding carboxylic acids is 2. The number of nitrogens with one attached hydrogen (secondary N) is 2. The zero-order valence-electron chi connectivity index (χ0n) is 16.2. The molecule has 4 nitrogen and oxygen atoms in total. The first-order valence-electron chi connectivity index (χ1n) is 9.42. The molecule has 1 aliphatic heterocycles. The molecule has 6 heteroatoms. The van der Waals surface area contributed by atoms with E-state index in [0.29, 0.717) is 27.7 Å². The van der Waals surface area contributed by atoms with Crippen molar-refractivity contribution in [2.24, 2.45) is 0 Å². The van der Waals surface area contributed by atoms with Crippen molar-refractivity contribution in [3.8, 4) is 0 Å². The van der Waals surface area contributed by atoms with E-state index in [9.17, 15) is 9.59 Å². The fourth-order valence-electron chi connectivity index (χ4n) is 3.00. The van der Waals surface area contributed by atoms with Crippen LogP contribution in [0.2, 0.25) is 5.02 Å². The number of benzene rings is 3. The average molecular weight is 435 g/mol. The molecule has 0 unspecified atom stereocenters. The van der Waals surface area contributed by atoms with Gasteiger partial charge in [0.05, 0.1) is 10.6 Å². The molecule has 3 aromatic carbocycles. The largest absolute Gasteiger partial charge is 0.348 e. The predicted octanol–water partition coefficient (Wildman–Crippen LogP) is 5.66. The Morgan fingerprint density at radius 2 is 1.80 bits per heavy atom. The van der Waals surface area contributed by atoms with E-state index in [-0.39, 0.29) is 11.8 Å². The summed E-state index contributed by atoms with van der Waals surface area (Å²) >= 11 is 7.28. The first-order chi connectivity index (χ1) is 14.5. The van der Waals surface area contributed by atoms with Crippen molar-refractivity contribution in [2.75, 3.05) is 5.32 Å². The Labute approximate surface area is 184 Å². The lowest BCUT2D eigenvalue weighted by Gasteiger charge is -2.19. The summed E-state index contributed by atoms with van der Waals surface area (Å²) in [6.45, 7) is 2.43. The maximum atomic E-state index is 12.5. The molecule has 0 saturated heterocycles.